The molecule has 0 bridgehead atoms. The molecule has 2 aromatic rings. The molecule has 0 heterocycles. The second-order valence-electron chi connectivity index (χ2n) is 6.27. The van der Waals surface area contributed by atoms with E-state index in [1.54, 1.807) is 11.8 Å². The summed E-state index contributed by atoms with van der Waals surface area (Å²) in [5, 5.41) is 0. The molecule has 0 aliphatic rings. The summed E-state index contributed by atoms with van der Waals surface area (Å²) >= 11 is 4.67. The van der Waals surface area contributed by atoms with Crippen LogP contribution in [-0.4, -0.2) is 9.79 Å². The Balaban J connectivity index is 2.11. The van der Waals surface area contributed by atoms with Crippen LogP contribution in [0.2, 0.25) is 0 Å². The van der Waals surface area contributed by atoms with E-state index in [0.717, 1.165) is 17.4 Å². The Morgan fingerprint density at radius 3 is 2.15 bits per heavy atom. The summed E-state index contributed by atoms with van der Waals surface area (Å²) in [5.41, 5.74) is 0.830. The third kappa shape index (κ3) is 4.76. The normalized spacial score (nSPS) is 12.5. The molecule has 0 aliphatic heterocycles. The Labute approximate surface area is 164 Å². The monoisotopic (exact) mass is 464 g/mol. The highest BCUT2D eigenvalue weighted by atomic mass is 79.9. The summed E-state index contributed by atoms with van der Waals surface area (Å²) in [4.78, 5) is 17.7. The van der Waals surface area contributed by atoms with Gasteiger partial charge < -0.3 is 9.79 Å². The molecule has 0 saturated carbocycles. The van der Waals surface area contributed by atoms with Crippen molar-refractivity contribution in [3.8, 4) is 0 Å². The molecule has 2 aromatic carbocycles. The molecule has 0 saturated heterocycles. The van der Waals surface area contributed by atoms with E-state index in [2.05, 4.69) is 48.8 Å². The molecular weight excluding hydrogens is 445 g/mol. The fraction of sp³-hybridized carbons (Fsp3) is 0.333. The van der Waals surface area contributed by atoms with Gasteiger partial charge >= 0.3 is 13.3 Å². The Morgan fingerprint density at radius 2 is 1.65 bits per heavy atom. The minimum atomic E-state index is -5.58. The van der Waals surface area contributed by atoms with E-state index in [9.17, 15) is 13.3 Å². The van der Waals surface area contributed by atoms with Gasteiger partial charge in [-0.05, 0) is 49.1 Å². The van der Waals surface area contributed by atoms with E-state index in [4.69, 9.17) is 9.79 Å². The minimum absolute atomic E-state index is 0.00776. The highest BCUT2D eigenvalue weighted by molar-refractivity contribution is 9.10. The Bertz CT molecular complexity index is 845. The van der Waals surface area contributed by atoms with E-state index >= 15 is 0 Å². The molecule has 142 valence electrons. The van der Waals surface area contributed by atoms with Crippen LogP contribution < -0.4 is 0 Å². The maximum Gasteiger partial charge on any atom is 0.399 e. The molecule has 2 N–H and O–H groups in total. The number of hydrogen-bond acceptors (Lipinski definition) is 2. The summed E-state index contributed by atoms with van der Waals surface area (Å²) in [5.74, 6) is 1.41. The van der Waals surface area contributed by atoms with Crippen molar-refractivity contribution in [3.63, 3.8) is 0 Å². The van der Waals surface area contributed by atoms with Crippen molar-refractivity contribution in [2.45, 2.75) is 37.9 Å². The van der Waals surface area contributed by atoms with Crippen molar-refractivity contribution < 1.29 is 23.1 Å². The number of benzene rings is 2. The highest BCUT2D eigenvalue weighted by Gasteiger charge is 2.51. The van der Waals surface area contributed by atoms with Crippen molar-refractivity contribution >= 4 is 35.3 Å². The summed E-state index contributed by atoms with van der Waals surface area (Å²) in [6.07, 6.45) is 0. The molecule has 2 rings (SSSR count). The topological polar surface area (TPSA) is 57.5 Å². The summed E-state index contributed by atoms with van der Waals surface area (Å²) in [7, 11) is -5.58. The predicted octanol–water partition coefficient (Wildman–Crippen LogP) is 6.03. The SMILES string of the molecule is Cc1cc(C)c(CSCc2ccc(C(F)(F)P(=O)(O)O)c(Br)c2)c(C)c1. The zero-order chi connectivity index (χ0) is 19.7. The van der Waals surface area contributed by atoms with Crippen LogP contribution in [0, 0.1) is 20.8 Å². The Kier molecular flexibility index (Phi) is 6.73. The lowest BCUT2D eigenvalue weighted by atomic mass is 10.0. The van der Waals surface area contributed by atoms with Crippen LogP contribution in [0.25, 0.3) is 0 Å². The maximum absolute atomic E-state index is 13.9. The van der Waals surface area contributed by atoms with Gasteiger partial charge in [0.15, 0.2) is 0 Å². The number of thioether (sulfide) groups is 1. The van der Waals surface area contributed by atoms with Gasteiger partial charge in [-0.15, -0.1) is 0 Å². The fourth-order valence-electron chi connectivity index (χ4n) is 2.76. The quantitative estimate of drug-likeness (QED) is 0.512. The molecule has 0 aromatic heterocycles. The second kappa shape index (κ2) is 8.11. The number of aryl methyl sites for hydroxylation is 3. The zero-order valence-electron chi connectivity index (χ0n) is 14.6. The van der Waals surface area contributed by atoms with Crippen LogP contribution in [0.15, 0.2) is 34.8 Å². The van der Waals surface area contributed by atoms with Gasteiger partial charge in [-0.25, -0.2) is 0 Å². The van der Waals surface area contributed by atoms with E-state index in [0.29, 0.717) is 5.75 Å². The highest BCUT2D eigenvalue weighted by Crippen LogP contribution is 2.60. The first-order chi connectivity index (χ1) is 11.9. The van der Waals surface area contributed by atoms with Gasteiger partial charge in [0.2, 0.25) is 0 Å². The van der Waals surface area contributed by atoms with Crippen LogP contribution in [0.4, 0.5) is 8.78 Å². The van der Waals surface area contributed by atoms with Gasteiger partial charge in [-0.3, -0.25) is 4.57 Å². The molecule has 26 heavy (non-hydrogen) atoms. The Hall–Kier alpha value is -0.720. The lowest BCUT2D eigenvalue weighted by molar-refractivity contribution is 0.0557. The summed E-state index contributed by atoms with van der Waals surface area (Å²) in [6, 6.07) is 8.31. The molecular formula is C18H20BrF2O3PS. The van der Waals surface area contributed by atoms with E-state index < -0.39 is 18.8 Å². The number of halogens is 3. The predicted molar refractivity (Wildman–Crippen MR) is 106 cm³/mol. The van der Waals surface area contributed by atoms with Crippen LogP contribution in [0.3, 0.4) is 0 Å². The first kappa shape index (κ1) is 21.6. The van der Waals surface area contributed by atoms with Gasteiger partial charge in [-0.1, -0.05) is 45.8 Å². The Morgan fingerprint density at radius 1 is 1.08 bits per heavy atom. The van der Waals surface area contributed by atoms with E-state index in [1.165, 1.54) is 34.4 Å². The van der Waals surface area contributed by atoms with Crippen LogP contribution in [-0.2, 0) is 21.7 Å². The van der Waals surface area contributed by atoms with Gasteiger partial charge in [0.25, 0.3) is 0 Å². The van der Waals surface area contributed by atoms with Gasteiger partial charge in [0.1, 0.15) is 0 Å². The second-order valence-corrected chi connectivity index (χ2v) is 9.76. The third-order valence-electron chi connectivity index (χ3n) is 4.08. The lowest BCUT2D eigenvalue weighted by Crippen LogP contribution is -2.14. The molecule has 0 spiro atoms. The smallest absolute Gasteiger partial charge is 0.320 e. The number of alkyl halides is 2. The number of hydrogen-bond donors (Lipinski definition) is 2. The first-order valence-electron chi connectivity index (χ1n) is 7.80. The lowest BCUT2D eigenvalue weighted by Gasteiger charge is -2.19. The first-order valence-corrected chi connectivity index (χ1v) is 11.4. The zero-order valence-corrected chi connectivity index (χ0v) is 17.9. The van der Waals surface area contributed by atoms with Crippen molar-refractivity contribution in [3.05, 3.63) is 68.2 Å². The average molecular weight is 465 g/mol. The molecule has 0 radical (unpaired) electrons. The molecule has 0 unspecified atom stereocenters. The van der Waals surface area contributed by atoms with E-state index in [-0.39, 0.29) is 4.47 Å². The minimum Gasteiger partial charge on any atom is -0.320 e. The third-order valence-corrected chi connectivity index (χ3v) is 6.74. The van der Waals surface area contributed by atoms with Gasteiger partial charge in [0.05, 0.1) is 0 Å². The van der Waals surface area contributed by atoms with Gasteiger partial charge in [-0.2, -0.15) is 20.5 Å². The van der Waals surface area contributed by atoms with Crippen molar-refractivity contribution in [1.29, 1.82) is 0 Å². The summed E-state index contributed by atoms with van der Waals surface area (Å²) in [6.45, 7) is 6.21. The van der Waals surface area contributed by atoms with Crippen molar-refractivity contribution in [2.24, 2.45) is 0 Å². The van der Waals surface area contributed by atoms with Gasteiger partial charge in [0, 0.05) is 21.5 Å². The summed E-state index contributed by atoms with van der Waals surface area (Å²) < 4.78 is 38.7. The molecule has 0 fully saturated rings. The maximum atomic E-state index is 13.9. The van der Waals surface area contributed by atoms with Crippen molar-refractivity contribution in [1.82, 2.24) is 0 Å². The van der Waals surface area contributed by atoms with Crippen LogP contribution >= 0.6 is 35.3 Å². The van der Waals surface area contributed by atoms with E-state index in [1.807, 2.05) is 0 Å². The van der Waals surface area contributed by atoms with Crippen LogP contribution in [0.1, 0.15) is 33.4 Å². The largest absolute Gasteiger partial charge is 0.399 e. The molecule has 8 heteroatoms. The molecule has 3 nitrogen and oxygen atoms in total. The van der Waals surface area contributed by atoms with Crippen molar-refractivity contribution in [2.75, 3.05) is 0 Å². The fourth-order valence-corrected chi connectivity index (χ4v) is 5.27. The standard InChI is InChI=1S/C18H20BrF2O3PS/c1-11-6-12(2)15(13(3)7-11)10-26-9-14-4-5-16(17(19)8-14)18(20,21)25(22,23)24/h4-8H,9-10H2,1-3H3,(H2,22,23,24). The number of rotatable bonds is 6. The molecule has 0 amide bonds. The van der Waals surface area contributed by atoms with Crippen LogP contribution in [0.5, 0.6) is 0 Å². The molecule has 0 atom stereocenters. The molecule has 0 aliphatic carbocycles. The average Bonchev–Trinajstić information content (AvgIpc) is 2.48.